The third kappa shape index (κ3) is 2.81. The molecular formula is C14H22N4O. The largest absolute Gasteiger partial charge is 0.399 e. The molecule has 1 aliphatic heterocycles. The number of carbonyl (C=O) groups is 1. The third-order valence-electron chi connectivity index (χ3n) is 3.80. The van der Waals surface area contributed by atoms with Crippen LogP contribution < -0.4 is 16.4 Å². The van der Waals surface area contributed by atoms with Crippen LogP contribution in [-0.4, -0.2) is 43.0 Å². The number of primary amides is 1. The number of hydrogen-bond acceptors (Lipinski definition) is 4. The smallest absolute Gasteiger partial charge is 0.250 e. The van der Waals surface area contributed by atoms with Crippen LogP contribution in [0.3, 0.4) is 0 Å². The Balaban J connectivity index is 2.27. The summed E-state index contributed by atoms with van der Waals surface area (Å²) in [6, 6.07) is 5.73. The number of hydrogen-bond donors (Lipinski definition) is 2. The minimum absolute atomic E-state index is 0.402. The Morgan fingerprint density at radius 2 is 2.16 bits per heavy atom. The molecule has 2 rings (SSSR count). The topological polar surface area (TPSA) is 75.6 Å². The first kappa shape index (κ1) is 13.7. The molecule has 0 bridgehead atoms. The van der Waals surface area contributed by atoms with Gasteiger partial charge in [0, 0.05) is 31.4 Å². The lowest BCUT2D eigenvalue weighted by Crippen LogP contribution is -2.52. The molecule has 19 heavy (non-hydrogen) atoms. The summed E-state index contributed by atoms with van der Waals surface area (Å²) in [5, 5.41) is 0. The van der Waals surface area contributed by atoms with Crippen molar-refractivity contribution in [2.24, 2.45) is 5.73 Å². The molecule has 1 heterocycles. The van der Waals surface area contributed by atoms with E-state index in [0.29, 0.717) is 17.3 Å². The van der Waals surface area contributed by atoms with E-state index in [1.54, 1.807) is 12.1 Å². The Morgan fingerprint density at radius 3 is 2.74 bits per heavy atom. The van der Waals surface area contributed by atoms with Crippen LogP contribution in [0.25, 0.3) is 0 Å². The maximum Gasteiger partial charge on any atom is 0.250 e. The number of piperazine rings is 1. The fourth-order valence-electron chi connectivity index (χ4n) is 2.70. The maximum atomic E-state index is 11.5. The molecule has 1 aromatic carbocycles. The first-order valence-electron chi connectivity index (χ1n) is 6.71. The molecule has 0 radical (unpaired) electrons. The van der Waals surface area contributed by atoms with Gasteiger partial charge in [0.25, 0.3) is 5.91 Å². The van der Waals surface area contributed by atoms with Crippen molar-refractivity contribution in [3.05, 3.63) is 23.8 Å². The Bertz CT molecular complexity index is 475. The molecule has 1 aromatic rings. The molecule has 1 fully saturated rings. The van der Waals surface area contributed by atoms with Gasteiger partial charge in [0.15, 0.2) is 0 Å². The van der Waals surface area contributed by atoms with Gasteiger partial charge in [-0.1, -0.05) is 6.92 Å². The second-order valence-electron chi connectivity index (χ2n) is 5.06. The lowest BCUT2D eigenvalue weighted by atomic mass is 10.1. The lowest BCUT2D eigenvalue weighted by Gasteiger charge is -2.41. The first-order chi connectivity index (χ1) is 9.02. The number of nitrogen functional groups attached to an aromatic ring is 1. The molecular weight excluding hydrogens is 240 g/mol. The summed E-state index contributed by atoms with van der Waals surface area (Å²) in [7, 11) is 0. The van der Waals surface area contributed by atoms with E-state index >= 15 is 0 Å². The fraction of sp³-hybridized carbons (Fsp3) is 0.500. The summed E-state index contributed by atoms with van der Waals surface area (Å²) >= 11 is 0. The van der Waals surface area contributed by atoms with Gasteiger partial charge in [0.2, 0.25) is 0 Å². The first-order valence-corrected chi connectivity index (χ1v) is 6.71. The van der Waals surface area contributed by atoms with Crippen molar-refractivity contribution in [3.8, 4) is 0 Å². The van der Waals surface area contributed by atoms with Gasteiger partial charge in [-0.25, -0.2) is 0 Å². The van der Waals surface area contributed by atoms with Crippen LogP contribution in [0.5, 0.6) is 0 Å². The molecule has 4 N–H and O–H groups in total. The molecule has 0 aliphatic carbocycles. The van der Waals surface area contributed by atoms with Gasteiger partial charge in [-0.15, -0.1) is 0 Å². The predicted molar refractivity (Wildman–Crippen MR) is 78.3 cm³/mol. The Morgan fingerprint density at radius 1 is 1.42 bits per heavy atom. The number of likely N-dealkylation sites (N-methyl/N-ethyl adjacent to an activating group) is 1. The van der Waals surface area contributed by atoms with E-state index in [1.807, 2.05) is 6.07 Å². The van der Waals surface area contributed by atoms with Crippen LogP contribution >= 0.6 is 0 Å². The lowest BCUT2D eigenvalue weighted by molar-refractivity contribution is 0.100. The highest BCUT2D eigenvalue weighted by molar-refractivity contribution is 5.99. The highest BCUT2D eigenvalue weighted by atomic mass is 16.1. The van der Waals surface area contributed by atoms with E-state index in [0.717, 1.165) is 31.9 Å². The zero-order chi connectivity index (χ0) is 14.0. The fourth-order valence-corrected chi connectivity index (χ4v) is 2.70. The molecule has 1 amide bonds. The van der Waals surface area contributed by atoms with E-state index in [1.165, 1.54) is 0 Å². The number of nitrogens with two attached hydrogens (primary N) is 2. The second kappa shape index (κ2) is 5.48. The van der Waals surface area contributed by atoms with Gasteiger partial charge in [-0.3, -0.25) is 9.69 Å². The molecule has 1 atom stereocenters. The Kier molecular flexibility index (Phi) is 3.95. The molecule has 0 spiro atoms. The van der Waals surface area contributed by atoms with Crippen molar-refractivity contribution in [1.82, 2.24) is 4.90 Å². The average Bonchev–Trinajstić information content (AvgIpc) is 2.38. The maximum absolute atomic E-state index is 11.5. The Labute approximate surface area is 114 Å². The van der Waals surface area contributed by atoms with Crippen LogP contribution in [0.4, 0.5) is 11.4 Å². The molecule has 1 unspecified atom stereocenters. The van der Waals surface area contributed by atoms with Crippen molar-refractivity contribution in [1.29, 1.82) is 0 Å². The highest BCUT2D eigenvalue weighted by Gasteiger charge is 2.24. The van der Waals surface area contributed by atoms with Gasteiger partial charge in [0.1, 0.15) is 0 Å². The van der Waals surface area contributed by atoms with Crippen LogP contribution in [0.15, 0.2) is 18.2 Å². The second-order valence-corrected chi connectivity index (χ2v) is 5.06. The number of amides is 1. The van der Waals surface area contributed by atoms with Crippen molar-refractivity contribution in [2.45, 2.75) is 19.9 Å². The molecule has 5 nitrogen and oxygen atoms in total. The summed E-state index contributed by atoms with van der Waals surface area (Å²) in [6.45, 7) is 8.19. The number of rotatable bonds is 3. The zero-order valence-corrected chi connectivity index (χ0v) is 11.6. The molecule has 0 saturated carbocycles. The summed E-state index contributed by atoms with van der Waals surface area (Å²) in [6.07, 6.45) is 0. The van der Waals surface area contributed by atoms with Gasteiger partial charge in [-0.05, 0) is 31.7 Å². The van der Waals surface area contributed by atoms with Crippen LogP contribution in [-0.2, 0) is 0 Å². The number of nitrogens with zero attached hydrogens (tertiary/aromatic N) is 2. The van der Waals surface area contributed by atoms with Crippen LogP contribution in [0.2, 0.25) is 0 Å². The number of carbonyl (C=O) groups excluding carboxylic acids is 1. The van der Waals surface area contributed by atoms with Crippen molar-refractivity contribution >= 4 is 17.3 Å². The van der Waals surface area contributed by atoms with Crippen molar-refractivity contribution in [3.63, 3.8) is 0 Å². The van der Waals surface area contributed by atoms with Gasteiger partial charge in [0.05, 0.1) is 11.3 Å². The van der Waals surface area contributed by atoms with E-state index in [2.05, 4.69) is 23.6 Å². The summed E-state index contributed by atoms with van der Waals surface area (Å²) in [5.41, 5.74) is 13.3. The predicted octanol–water partition coefficient (Wildman–Crippen LogP) is 0.898. The van der Waals surface area contributed by atoms with Gasteiger partial charge >= 0.3 is 0 Å². The van der Waals surface area contributed by atoms with E-state index in [9.17, 15) is 4.79 Å². The van der Waals surface area contributed by atoms with Crippen LogP contribution in [0.1, 0.15) is 24.2 Å². The molecule has 1 saturated heterocycles. The summed E-state index contributed by atoms with van der Waals surface area (Å²) < 4.78 is 0. The molecule has 1 aliphatic rings. The van der Waals surface area contributed by atoms with E-state index in [4.69, 9.17) is 11.5 Å². The van der Waals surface area contributed by atoms with Gasteiger partial charge < -0.3 is 16.4 Å². The molecule has 5 heteroatoms. The van der Waals surface area contributed by atoms with E-state index < -0.39 is 5.91 Å². The van der Waals surface area contributed by atoms with Crippen molar-refractivity contribution in [2.75, 3.05) is 36.8 Å². The minimum Gasteiger partial charge on any atom is -0.399 e. The monoisotopic (exact) mass is 262 g/mol. The zero-order valence-electron chi connectivity index (χ0n) is 11.6. The van der Waals surface area contributed by atoms with Crippen molar-refractivity contribution < 1.29 is 4.79 Å². The Hall–Kier alpha value is -1.75. The summed E-state index contributed by atoms with van der Waals surface area (Å²) in [4.78, 5) is 16.1. The van der Waals surface area contributed by atoms with Gasteiger partial charge in [-0.2, -0.15) is 0 Å². The standard InChI is InChI=1S/C14H22N4O/c1-3-17-6-7-18(9-10(17)2)13-8-11(15)4-5-12(13)14(16)19/h4-5,8,10H,3,6-7,9,15H2,1-2H3,(H2,16,19). The minimum atomic E-state index is -0.402. The SMILES string of the molecule is CCN1CCN(c2cc(N)ccc2C(N)=O)CC1C. The highest BCUT2D eigenvalue weighted by Crippen LogP contribution is 2.25. The normalized spacial score (nSPS) is 20.5. The summed E-state index contributed by atoms with van der Waals surface area (Å²) in [5.74, 6) is -0.402. The molecule has 0 aromatic heterocycles. The number of benzene rings is 1. The van der Waals surface area contributed by atoms with Crippen LogP contribution in [0, 0.1) is 0 Å². The average molecular weight is 262 g/mol. The quantitative estimate of drug-likeness (QED) is 0.794. The number of anilines is 2. The molecule has 104 valence electrons. The van der Waals surface area contributed by atoms with E-state index in [-0.39, 0.29) is 0 Å². The third-order valence-corrected chi connectivity index (χ3v) is 3.80.